The first-order valence-electron chi connectivity index (χ1n) is 4.98. The SMILES string of the molecule is BrC1=C(Br)C2c3ccccc3C1CC2Br. The van der Waals surface area contributed by atoms with Crippen LogP contribution in [0.5, 0.6) is 0 Å². The Labute approximate surface area is 115 Å². The molecule has 1 aromatic carbocycles. The van der Waals surface area contributed by atoms with E-state index in [-0.39, 0.29) is 0 Å². The van der Waals surface area contributed by atoms with Crippen molar-refractivity contribution in [2.24, 2.45) is 0 Å². The van der Waals surface area contributed by atoms with Gasteiger partial charge in [0.15, 0.2) is 0 Å². The van der Waals surface area contributed by atoms with E-state index in [4.69, 9.17) is 0 Å². The van der Waals surface area contributed by atoms with Gasteiger partial charge >= 0.3 is 0 Å². The fourth-order valence-corrected chi connectivity index (χ4v) is 5.44. The summed E-state index contributed by atoms with van der Waals surface area (Å²) in [5, 5.41) is 0. The van der Waals surface area contributed by atoms with Crippen molar-refractivity contribution in [1.29, 1.82) is 0 Å². The Bertz CT molecular complexity index is 450. The smallest absolute Gasteiger partial charge is 0.0292 e. The number of halogens is 3. The summed E-state index contributed by atoms with van der Waals surface area (Å²) in [7, 11) is 0. The minimum atomic E-state index is 0.487. The normalized spacial score (nSPS) is 33.1. The second-order valence-electron chi connectivity index (χ2n) is 4.11. The van der Waals surface area contributed by atoms with Crippen LogP contribution < -0.4 is 0 Å². The van der Waals surface area contributed by atoms with Crippen LogP contribution in [-0.4, -0.2) is 4.83 Å². The summed E-state index contributed by atoms with van der Waals surface area (Å²) >= 11 is 11.2. The lowest BCUT2D eigenvalue weighted by Crippen LogP contribution is -2.30. The average Bonchev–Trinajstić information content (AvgIpc) is 2.24. The van der Waals surface area contributed by atoms with Gasteiger partial charge in [-0.3, -0.25) is 0 Å². The predicted molar refractivity (Wildman–Crippen MR) is 74.1 cm³/mol. The van der Waals surface area contributed by atoms with Crippen molar-refractivity contribution < 1.29 is 0 Å². The lowest BCUT2D eigenvalue weighted by Gasteiger charge is -2.41. The van der Waals surface area contributed by atoms with Gasteiger partial charge in [0, 0.05) is 25.6 Å². The van der Waals surface area contributed by atoms with Gasteiger partial charge in [-0.05, 0) is 17.5 Å². The summed E-state index contributed by atoms with van der Waals surface area (Å²) in [4.78, 5) is 0.563. The van der Waals surface area contributed by atoms with Crippen LogP contribution in [0.1, 0.15) is 29.4 Å². The number of allylic oxidation sites excluding steroid dienone is 2. The molecule has 0 nitrogen and oxygen atoms in total. The van der Waals surface area contributed by atoms with Gasteiger partial charge in [-0.1, -0.05) is 72.1 Å². The third-order valence-electron chi connectivity index (χ3n) is 3.34. The van der Waals surface area contributed by atoms with Gasteiger partial charge in [0.2, 0.25) is 0 Å². The average molecular weight is 393 g/mol. The van der Waals surface area contributed by atoms with Crippen molar-refractivity contribution in [3.8, 4) is 0 Å². The summed E-state index contributed by atoms with van der Waals surface area (Å²) in [5.74, 6) is 1.02. The third-order valence-corrected chi connectivity index (χ3v) is 6.67. The summed E-state index contributed by atoms with van der Waals surface area (Å²) in [6, 6.07) is 8.78. The Balaban J connectivity index is 2.26. The molecule has 15 heavy (non-hydrogen) atoms. The standard InChI is InChI=1S/C12H9Br3/c13-9-5-8-6-3-1-2-4-7(6)10(9)12(15)11(8)14/h1-4,8-10H,5H2. The van der Waals surface area contributed by atoms with E-state index in [1.165, 1.54) is 26.5 Å². The quantitative estimate of drug-likeness (QED) is 0.543. The zero-order chi connectivity index (χ0) is 10.6. The van der Waals surface area contributed by atoms with Crippen LogP contribution in [0.3, 0.4) is 0 Å². The molecule has 3 heteroatoms. The number of hydrogen-bond acceptors (Lipinski definition) is 0. The molecule has 3 atom stereocenters. The minimum Gasteiger partial charge on any atom is -0.0880 e. The molecular formula is C12H9Br3. The summed E-state index contributed by atoms with van der Waals surface area (Å²) < 4.78 is 2.65. The Morgan fingerprint density at radius 3 is 2.40 bits per heavy atom. The Hall–Kier alpha value is 0.400. The lowest BCUT2D eigenvalue weighted by molar-refractivity contribution is 0.565. The van der Waals surface area contributed by atoms with Crippen LogP contribution in [0, 0.1) is 0 Å². The first-order chi connectivity index (χ1) is 7.20. The molecule has 4 rings (SSSR count). The molecule has 0 spiro atoms. The van der Waals surface area contributed by atoms with Crippen LogP contribution >= 0.6 is 47.8 Å². The third kappa shape index (κ3) is 1.43. The molecule has 2 bridgehead atoms. The van der Waals surface area contributed by atoms with Crippen molar-refractivity contribution in [3.05, 3.63) is 44.4 Å². The van der Waals surface area contributed by atoms with Crippen LogP contribution in [-0.2, 0) is 0 Å². The monoisotopic (exact) mass is 390 g/mol. The molecule has 0 aliphatic heterocycles. The number of alkyl halides is 1. The largest absolute Gasteiger partial charge is 0.0880 e. The number of benzene rings is 1. The van der Waals surface area contributed by atoms with E-state index in [0.29, 0.717) is 16.7 Å². The zero-order valence-corrected chi connectivity index (χ0v) is 12.6. The number of fused-ring (bicyclic) bond motifs is 1. The lowest BCUT2D eigenvalue weighted by atomic mass is 9.71. The summed E-state index contributed by atoms with van der Waals surface area (Å²) in [6.45, 7) is 0. The second kappa shape index (κ2) is 3.71. The molecule has 0 heterocycles. The fraction of sp³-hybridized carbons (Fsp3) is 0.333. The minimum absolute atomic E-state index is 0.487. The van der Waals surface area contributed by atoms with Gasteiger partial charge in [-0.25, -0.2) is 0 Å². The highest BCUT2D eigenvalue weighted by Crippen LogP contribution is 2.57. The molecule has 78 valence electrons. The second-order valence-corrected chi connectivity index (χ2v) is 6.99. The van der Waals surface area contributed by atoms with Crippen molar-refractivity contribution in [3.63, 3.8) is 0 Å². The van der Waals surface area contributed by atoms with E-state index < -0.39 is 0 Å². The van der Waals surface area contributed by atoms with Gasteiger partial charge in [-0.2, -0.15) is 0 Å². The van der Waals surface area contributed by atoms with Crippen LogP contribution in [0.4, 0.5) is 0 Å². The first kappa shape index (κ1) is 10.5. The van der Waals surface area contributed by atoms with Gasteiger partial charge in [0.05, 0.1) is 0 Å². The van der Waals surface area contributed by atoms with E-state index >= 15 is 0 Å². The summed E-state index contributed by atoms with van der Waals surface area (Å²) in [5.41, 5.74) is 2.97. The molecule has 3 aliphatic rings. The molecule has 3 unspecified atom stereocenters. The van der Waals surface area contributed by atoms with Gasteiger partial charge < -0.3 is 0 Å². The van der Waals surface area contributed by atoms with Crippen LogP contribution in [0.2, 0.25) is 0 Å². The molecule has 0 aromatic heterocycles. The van der Waals surface area contributed by atoms with E-state index in [1.54, 1.807) is 0 Å². The van der Waals surface area contributed by atoms with E-state index in [1.807, 2.05) is 0 Å². The number of hydrogen-bond donors (Lipinski definition) is 0. The van der Waals surface area contributed by atoms with Crippen molar-refractivity contribution in [2.45, 2.75) is 23.1 Å². The highest BCUT2D eigenvalue weighted by molar-refractivity contribution is 9.14. The molecule has 0 fully saturated rings. The molecule has 0 saturated carbocycles. The van der Waals surface area contributed by atoms with E-state index in [2.05, 4.69) is 72.1 Å². The van der Waals surface area contributed by atoms with Crippen molar-refractivity contribution in [2.75, 3.05) is 0 Å². The van der Waals surface area contributed by atoms with Gasteiger partial charge in [-0.15, -0.1) is 0 Å². The maximum absolute atomic E-state index is 3.80. The highest BCUT2D eigenvalue weighted by Gasteiger charge is 2.42. The molecule has 0 radical (unpaired) electrons. The molecule has 0 N–H and O–H groups in total. The Morgan fingerprint density at radius 2 is 1.67 bits per heavy atom. The zero-order valence-electron chi connectivity index (χ0n) is 7.88. The molecule has 0 amide bonds. The molecular weight excluding hydrogens is 384 g/mol. The predicted octanol–water partition coefficient (Wildman–Crippen LogP) is 5.04. The maximum atomic E-state index is 3.80. The van der Waals surface area contributed by atoms with E-state index in [9.17, 15) is 0 Å². The van der Waals surface area contributed by atoms with E-state index in [0.717, 1.165) is 0 Å². The summed E-state index contributed by atoms with van der Waals surface area (Å²) in [6.07, 6.45) is 1.19. The molecule has 0 saturated heterocycles. The Morgan fingerprint density at radius 1 is 1.00 bits per heavy atom. The Kier molecular flexibility index (Phi) is 2.61. The van der Waals surface area contributed by atoms with Crippen molar-refractivity contribution in [1.82, 2.24) is 0 Å². The van der Waals surface area contributed by atoms with Crippen molar-refractivity contribution >= 4 is 47.8 Å². The fourth-order valence-electron chi connectivity index (χ4n) is 2.64. The molecule has 3 aliphatic carbocycles. The number of rotatable bonds is 0. The first-order valence-corrected chi connectivity index (χ1v) is 7.48. The maximum Gasteiger partial charge on any atom is 0.0292 e. The van der Waals surface area contributed by atoms with Crippen LogP contribution in [0.25, 0.3) is 0 Å². The highest BCUT2D eigenvalue weighted by atomic mass is 79.9. The topological polar surface area (TPSA) is 0 Å². The molecule has 1 aromatic rings. The van der Waals surface area contributed by atoms with Crippen LogP contribution in [0.15, 0.2) is 33.2 Å². The van der Waals surface area contributed by atoms with Gasteiger partial charge in [0.1, 0.15) is 0 Å². The van der Waals surface area contributed by atoms with Gasteiger partial charge in [0.25, 0.3) is 0 Å².